The number of benzene rings is 1. The molecule has 6 nitrogen and oxygen atoms in total. The Morgan fingerprint density at radius 2 is 2.12 bits per heavy atom. The molecule has 1 aliphatic carbocycles. The van der Waals surface area contributed by atoms with E-state index in [0.29, 0.717) is 25.1 Å². The van der Waals surface area contributed by atoms with E-state index < -0.39 is 21.6 Å². The molecule has 2 atom stereocenters. The number of hydrogen-bond acceptors (Lipinski definition) is 5. The number of anilines is 1. The van der Waals surface area contributed by atoms with Crippen LogP contribution in [-0.4, -0.2) is 54.3 Å². The van der Waals surface area contributed by atoms with Crippen molar-refractivity contribution in [1.29, 1.82) is 0 Å². The maximum atomic E-state index is 14.0. The molecule has 9 heteroatoms. The molecule has 0 radical (unpaired) electrons. The van der Waals surface area contributed by atoms with E-state index in [1.165, 1.54) is 50.6 Å². The third-order valence-corrected chi connectivity index (χ3v) is 10.4. The van der Waals surface area contributed by atoms with Crippen molar-refractivity contribution in [1.82, 2.24) is 14.2 Å². The number of likely N-dealkylation sites (tertiary alicyclic amines) is 1. The van der Waals surface area contributed by atoms with Crippen LogP contribution in [0.5, 0.6) is 0 Å². The minimum atomic E-state index is -3.68. The van der Waals surface area contributed by atoms with E-state index in [0.717, 1.165) is 25.4 Å². The maximum absolute atomic E-state index is 14.0. The highest BCUT2D eigenvalue weighted by Gasteiger charge is 2.55. The third kappa shape index (κ3) is 3.87. The lowest BCUT2D eigenvalue weighted by molar-refractivity contribution is 0.101. The van der Waals surface area contributed by atoms with Crippen LogP contribution in [0.2, 0.25) is 0 Å². The van der Waals surface area contributed by atoms with Crippen molar-refractivity contribution in [2.45, 2.75) is 63.6 Å². The van der Waals surface area contributed by atoms with Crippen molar-refractivity contribution in [3.63, 3.8) is 0 Å². The number of rotatable bonds is 5. The van der Waals surface area contributed by atoms with Crippen LogP contribution in [0.4, 0.5) is 10.1 Å². The predicted molar refractivity (Wildman–Crippen MR) is 125 cm³/mol. The Morgan fingerprint density at radius 3 is 2.81 bits per heavy atom. The first-order valence-corrected chi connectivity index (χ1v) is 13.7. The lowest BCUT2D eigenvalue weighted by Crippen LogP contribution is -2.57. The number of nitrogens with zero attached hydrogens (tertiary/aromatic N) is 4. The molecule has 3 heterocycles. The van der Waals surface area contributed by atoms with Gasteiger partial charge >= 0.3 is 10.2 Å². The SMILES string of the molecule is C[C@H]1C[C@]2(CCN1Cc1scnc1CC1CCC1)CN(C)S(=O)(=O)N2c1cccc(F)c1. The van der Waals surface area contributed by atoms with Crippen LogP contribution >= 0.6 is 11.3 Å². The molecule has 0 N–H and O–H groups in total. The number of hydrogen-bond donors (Lipinski definition) is 0. The molecule has 1 aromatic heterocycles. The van der Waals surface area contributed by atoms with E-state index in [1.807, 2.05) is 5.51 Å². The largest absolute Gasteiger partial charge is 0.304 e. The fourth-order valence-electron chi connectivity index (χ4n) is 5.61. The Bertz CT molecular complexity index is 1090. The molecule has 32 heavy (non-hydrogen) atoms. The minimum absolute atomic E-state index is 0.208. The topological polar surface area (TPSA) is 56.8 Å². The number of aromatic nitrogens is 1. The average molecular weight is 479 g/mol. The molecule has 0 bridgehead atoms. The van der Waals surface area contributed by atoms with Gasteiger partial charge in [0.05, 0.1) is 22.4 Å². The van der Waals surface area contributed by atoms with E-state index in [1.54, 1.807) is 30.5 Å². The normalized spacial score (nSPS) is 29.0. The second-order valence-electron chi connectivity index (χ2n) is 9.73. The number of likely N-dealkylation sites (N-methyl/N-ethyl adjacent to an activating group) is 1. The summed E-state index contributed by atoms with van der Waals surface area (Å²) < 4.78 is 43.3. The molecule has 1 aromatic carbocycles. The Kier molecular flexibility index (Phi) is 5.80. The van der Waals surface area contributed by atoms with Gasteiger partial charge in [0.1, 0.15) is 5.82 Å². The first-order valence-electron chi connectivity index (χ1n) is 11.5. The summed E-state index contributed by atoms with van der Waals surface area (Å²) in [6, 6.07) is 6.17. The summed E-state index contributed by atoms with van der Waals surface area (Å²) in [5.74, 6) is 0.369. The first kappa shape index (κ1) is 22.3. The molecule has 174 valence electrons. The Morgan fingerprint density at radius 1 is 1.31 bits per heavy atom. The first-order chi connectivity index (χ1) is 15.3. The Balaban J connectivity index is 1.36. The second kappa shape index (κ2) is 8.34. The Labute approximate surface area is 194 Å². The van der Waals surface area contributed by atoms with Gasteiger partial charge in [-0.25, -0.2) is 9.37 Å². The summed E-state index contributed by atoms with van der Waals surface area (Å²) >= 11 is 1.74. The van der Waals surface area contributed by atoms with Gasteiger partial charge in [0.25, 0.3) is 0 Å². The molecule has 2 aliphatic heterocycles. The molecule has 5 rings (SSSR count). The zero-order valence-electron chi connectivity index (χ0n) is 18.7. The Hall–Kier alpha value is -1.55. The van der Waals surface area contributed by atoms with Gasteiger partial charge in [-0.2, -0.15) is 12.7 Å². The summed E-state index contributed by atoms with van der Waals surface area (Å²) in [4.78, 5) is 8.45. The summed E-state index contributed by atoms with van der Waals surface area (Å²) in [5, 5.41) is 0. The van der Waals surface area contributed by atoms with Crippen molar-refractivity contribution in [3.8, 4) is 0 Å². The van der Waals surface area contributed by atoms with Crippen LogP contribution in [0.1, 0.15) is 49.6 Å². The molecule has 2 saturated heterocycles. The van der Waals surface area contributed by atoms with Crippen LogP contribution in [0.15, 0.2) is 29.8 Å². The minimum Gasteiger partial charge on any atom is -0.295 e. The molecular weight excluding hydrogens is 447 g/mol. The van der Waals surface area contributed by atoms with Crippen molar-refractivity contribution >= 4 is 27.2 Å². The van der Waals surface area contributed by atoms with Crippen LogP contribution in [-0.2, 0) is 23.2 Å². The van der Waals surface area contributed by atoms with Gasteiger partial charge in [-0.15, -0.1) is 11.3 Å². The maximum Gasteiger partial charge on any atom is 0.304 e. The summed E-state index contributed by atoms with van der Waals surface area (Å²) in [5.41, 5.74) is 3.07. The summed E-state index contributed by atoms with van der Waals surface area (Å²) in [7, 11) is -2.06. The number of thiazole rings is 1. The van der Waals surface area contributed by atoms with E-state index in [-0.39, 0.29) is 6.04 Å². The molecule has 0 unspecified atom stereocenters. The van der Waals surface area contributed by atoms with E-state index in [4.69, 9.17) is 0 Å². The second-order valence-corrected chi connectivity index (χ2v) is 12.6. The molecule has 0 amide bonds. The zero-order valence-corrected chi connectivity index (χ0v) is 20.3. The molecule has 1 spiro atoms. The van der Waals surface area contributed by atoms with Gasteiger partial charge in [-0.3, -0.25) is 9.21 Å². The smallest absolute Gasteiger partial charge is 0.295 e. The summed E-state index contributed by atoms with van der Waals surface area (Å²) in [6.07, 6.45) is 6.49. The highest BCUT2D eigenvalue weighted by Crippen LogP contribution is 2.44. The third-order valence-electron chi connectivity index (χ3n) is 7.56. The monoisotopic (exact) mass is 478 g/mol. The van der Waals surface area contributed by atoms with E-state index in [2.05, 4.69) is 16.8 Å². The van der Waals surface area contributed by atoms with Gasteiger partial charge in [-0.05, 0) is 50.3 Å². The lowest BCUT2D eigenvalue weighted by Gasteiger charge is -2.47. The predicted octanol–water partition coefficient (Wildman–Crippen LogP) is 4.04. The van der Waals surface area contributed by atoms with Gasteiger partial charge in [-0.1, -0.05) is 25.3 Å². The standard InChI is InChI=1S/C23H31FN4O2S2/c1-17-13-23(15-26(2)32(29,30)28(23)20-8-4-7-19(24)12-20)9-10-27(17)14-22-21(25-16-31-22)11-18-5-3-6-18/h4,7-8,12,16-18H,3,5-6,9-11,13-15H2,1-2H3/t17-,23+/m0/s1. The van der Waals surface area contributed by atoms with Crippen molar-refractivity contribution < 1.29 is 12.8 Å². The van der Waals surface area contributed by atoms with Gasteiger partial charge < -0.3 is 0 Å². The van der Waals surface area contributed by atoms with Crippen molar-refractivity contribution in [3.05, 3.63) is 46.2 Å². The van der Waals surface area contributed by atoms with Crippen LogP contribution in [0, 0.1) is 11.7 Å². The fraction of sp³-hybridized carbons (Fsp3) is 0.609. The lowest BCUT2D eigenvalue weighted by atomic mass is 9.81. The number of halogens is 1. The van der Waals surface area contributed by atoms with Crippen LogP contribution < -0.4 is 4.31 Å². The van der Waals surface area contributed by atoms with Crippen molar-refractivity contribution in [2.24, 2.45) is 5.92 Å². The van der Waals surface area contributed by atoms with Gasteiger partial charge in [0.15, 0.2) is 0 Å². The zero-order chi connectivity index (χ0) is 22.5. The fourth-order valence-corrected chi connectivity index (χ4v) is 8.21. The molecular formula is C23H31FN4O2S2. The molecule has 3 fully saturated rings. The molecule has 3 aliphatic rings. The van der Waals surface area contributed by atoms with Crippen LogP contribution in [0.3, 0.4) is 0 Å². The van der Waals surface area contributed by atoms with Gasteiger partial charge in [0.2, 0.25) is 0 Å². The quantitative estimate of drug-likeness (QED) is 0.651. The van der Waals surface area contributed by atoms with Crippen LogP contribution in [0.25, 0.3) is 0 Å². The van der Waals surface area contributed by atoms with Gasteiger partial charge in [0, 0.05) is 37.6 Å². The molecule has 2 aromatic rings. The van der Waals surface area contributed by atoms with E-state index in [9.17, 15) is 12.8 Å². The highest BCUT2D eigenvalue weighted by atomic mass is 32.2. The highest BCUT2D eigenvalue weighted by molar-refractivity contribution is 7.90. The van der Waals surface area contributed by atoms with E-state index >= 15 is 0 Å². The number of piperidine rings is 1. The van der Waals surface area contributed by atoms with Crippen molar-refractivity contribution in [2.75, 3.05) is 24.4 Å². The average Bonchev–Trinajstić information content (AvgIpc) is 3.20. The molecule has 1 saturated carbocycles. The summed E-state index contributed by atoms with van der Waals surface area (Å²) in [6.45, 7) is 4.28.